The number of likely N-dealkylation sites (tertiary alicyclic amines) is 1. The molecule has 6 nitrogen and oxygen atoms in total. The van der Waals surface area contributed by atoms with Crippen LogP contribution >= 0.6 is 0 Å². The van der Waals surface area contributed by atoms with Crippen LogP contribution in [0.3, 0.4) is 0 Å². The van der Waals surface area contributed by atoms with E-state index in [1.165, 1.54) is 24.3 Å². The van der Waals surface area contributed by atoms with Gasteiger partial charge in [0.05, 0.1) is 11.3 Å². The van der Waals surface area contributed by atoms with E-state index in [1.807, 2.05) is 12.1 Å². The van der Waals surface area contributed by atoms with Gasteiger partial charge in [-0.15, -0.1) is 0 Å². The minimum absolute atomic E-state index is 0.0222. The van der Waals surface area contributed by atoms with Crippen molar-refractivity contribution in [2.24, 2.45) is 0 Å². The van der Waals surface area contributed by atoms with Crippen molar-refractivity contribution < 1.29 is 22.8 Å². The van der Waals surface area contributed by atoms with E-state index in [1.54, 1.807) is 17.0 Å². The lowest BCUT2D eigenvalue weighted by atomic mass is 10.0. The van der Waals surface area contributed by atoms with Crippen molar-refractivity contribution in [2.45, 2.75) is 25.6 Å². The van der Waals surface area contributed by atoms with E-state index in [2.05, 4.69) is 15.5 Å². The van der Waals surface area contributed by atoms with Gasteiger partial charge in [0.15, 0.2) is 0 Å². The normalized spacial score (nSPS) is 14.2. The number of alkyl halides is 3. The maximum atomic E-state index is 13.3. The molecule has 2 N–H and O–H groups in total. The maximum Gasteiger partial charge on any atom is 0.417 e. The van der Waals surface area contributed by atoms with E-state index in [0.717, 1.165) is 18.1 Å². The number of benzene rings is 2. The van der Waals surface area contributed by atoms with Crippen LogP contribution in [0.25, 0.3) is 11.3 Å². The van der Waals surface area contributed by atoms with Crippen molar-refractivity contribution in [1.29, 1.82) is 0 Å². The highest BCUT2D eigenvalue weighted by atomic mass is 19.4. The van der Waals surface area contributed by atoms with Crippen LogP contribution < -0.4 is 5.32 Å². The highest BCUT2D eigenvalue weighted by Gasteiger charge is 2.34. The fourth-order valence-electron chi connectivity index (χ4n) is 3.58. The summed E-state index contributed by atoms with van der Waals surface area (Å²) in [6.07, 6.45) is -3.21. The number of anilines is 1. The zero-order valence-corrected chi connectivity index (χ0v) is 16.4. The second-order valence-electron chi connectivity index (χ2n) is 7.24. The number of carbonyl (C=O) groups excluding carboxylic acids is 2. The lowest BCUT2D eigenvalue weighted by Crippen LogP contribution is -2.25. The standard InChI is InChI=1S/C22H19F3N4O2/c23-22(24,25)16-8-3-2-7-15(16)18-12-19(28-27-18)21(31)26-17-9-4-1-6-14(17)13-29-11-5-10-20(29)30/h1-4,6-9,12H,5,10-11,13H2,(H,26,31)(H,27,28). The molecule has 31 heavy (non-hydrogen) atoms. The topological polar surface area (TPSA) is 78.1 Å². The van der Waals surface area contributed by atoms with Gasteiger partial charge in [0.1, 0.15) is 5.69 Å². The van der Waals surface area contributed by atoms with Gasteiger partial charge in [0.2, 0.25) is 5.91 Å². The second kappa shape index (κ2) is 8.25. The van der Waals surface area contributed by atoms with Gasteiger partial charge in [0, 0.05) is 30.8 Å². The maximum absolute atomic E-state index is 13.3. The quantitative estimate of drug-likeness (QED) is 0.630. The number of rotatable bonds is 5. The number of aromatic nitrogens is 2. The molecule has 1 aromatic heterocycles. The van der Waals surface area contributed by atoms with Crippen LogP contribution in [-0.2, 0) is 17.5 Å². The zero-order valence-electron chi connectivity index (χ0n) is 16.4. The molecule has 1 aliphatic heterocycles. The first-order valence-electron chi connectivity index (χ1n) is 9.72. The smallest absolute Gasteiger partial charge is 0.338 e. The molecule has 4 rings (SSSR count). The molecule has 2 heterocycles. The van der Waals surface area contributed by atoms with E-state index in [0.29, 0.717) is 25.2 Å². The number of halogens is 3. The molecular weight excluding hydrogens is 409 g/mol. The third kappa shape index (κ3) is 4.45. The highest BCUT2D eigenvalue weighted by molar-refractivity contribution is 6.04. The molecule has 0 saturated carbocycles. The second-order valence-corrected chi connectivity index (χ2v) is 7.24. The summed E-state index contributed by atoms with van der Waals surface area (Å²) >= 11 is 0. The van der Waals surface area contributed by atoms with Gasteiger partial charge in [-0.1, -0.05) is 36.4 Å². The van der Waals surface area contributed by atoms with Crippen molar-refractivity contribution >= 4 is 17.5 Å². The van der Waals surface area contributed by atoms with E-state index in [9.17, 15) is 22.8 Å². The zero-order chi connectivity index (χ0) is 22.0. The summed E-state index contributed by atoms with van der Waals surface area (Å²) in [4.78, 5) is 26.4. The number of nitrogens with one attached hydrogen (secondary N) is 2. The molecule has 2 amide bonds. The Morgan fingerprint density at radius 1 is 1.13 bits per heavy atom. The lowest BCUT2D eigenvalue weighted by Gasteiger charge is -2.18. The largest absolute Gasteiger partial charge is 0.417 e. The Morgan fingerprint density at radius 2 is 1.87 bits per heavy atom. The van der Waals surface area contributed by atoms with Crippen molar-refractivity contribution in [3.63, 3.8) is 0 Å². The van der Waals surface area contributed by atoms with E-state index in [4.69, 9.17) is 0 Å². The third-order valence-corrected chi connectivity index (χ3v) is 5.13. The van der Waals surface area contributed by atoms with Crippen LogP contribution in [0.5, 0.6) is 0 Å². The summed E-state index contributed by atoms with van der Waals surface area (Å²) in [5.41, 5.74) is 0.410. The Balaban J connectivity index is 1.54. The Bertz CT molecular complexity index is 1120. The number of aromatic amines is 1. The summed E-state index contributed by atoms with van der Waals surface area (Å²) in [7, 11) is 0. The minimum atomic E-state index is -4.54. The van der Waals surface area contributed by atoms with E-state index in [-0.39, 0.29) is 22.9 Å². The minimum Gasteiger partial charge on any atom is -0.338 e. The molecule has 0 atom stereocenters. The summed E-state index contributed by atoms with van der Waals surface area (Å²) in [5.74, 6) is -0.467. The molecular formula is C22H19F3N4O2. The lowest BCUT2D eigenvalue weighted by molar-refractivity contribution is -0.137. The Morgan fingerprint density at radius 3 is 2.61 bits per heavy atom. The Kier molecular flexibility index (Phi) is 5.50. The first-order valence-corrected chi connectivity index (χ1v) is 9.72. The van der Waals surface area contributed by atoms with Crippen LogP contribution in [0.15, 0.2) is 54.6 Å². The van der Waals surface area contributed by atoms with E-state index < -0.39 is 17.6 Å². The monoisotopic (exact) mass is 428 g/mol. The molecule has 0 spiro atoms. The van der Waals surface area contributed by atoms with Crippen molar-refractivity contribution in [3.05, 3.63) is 71.4 Å². The fourth-order valence-corrected chi connectivity index (χ4v) is 3.58. The van der Waals surface area contributed by atoms with Crippen LogP contribution in [0.1, 0.15) is 34.5 Å². The van der Waals surface area contributed by atoms with Crippen molar-refractivity contribution in [2.75, 3.05) is 11.9 Å². The number of carbonyl (C=O) groups is 2. The number of nitrogens with zero attached hydrogens (tertiary/aromatic N) is 2. The van der Waals surface area contributed by atoms with Crippen LogP contribution in [-0.4, -0.2) is 33.5 Å². The summed E-state index contributed by atoms with van der Waals surface area (Å²) < 4.78 is 39.8. The first-order chi connectivity index (χ1) is 14.8. The SMILES string of the molecule is O=C(Nc1ccccc1CN1CCCC1=O)c1cc(-c2ccccc2C(F)(F)F)n[nH]1. The van der Waals surface area contributed by atoms with Crippen LogP contribution in [0.4, 0.5) is 18.9 Å². The molecule has 0 aliphatic carbocycles. The number of amides is 2. The van der Waals surface area contributed by atoms with Crippen LogP contribution in [0.2, 0.25) is 0 Å². The molecule has 3 aromatic rings. The molecule has 1 saturated heterocycles. The number of H-pyrrole nitrogens is 1. The Hall–Kier alpha value is -3.62. The van der Waals surface area contributed by atoms with Crippen LogP contribution in [0, 0.1) is 0 Å². The fraction of sp³-hybridized carbons (Fsp3) is 0.227. The predicted octanol–water partition coefficient (Wildman–Crippen LogP) is 4.47. The van der Waals surface area contributed by atoms with Gasteiger partial charge in [-0.2, -0.15) is 18.3 Å². The van der Waals surface area contributed by atoms with E-state index >= 15 is 0 Å². The van der Waals surface area contributed by atoms with Gasteiger partial charge in [-0.05, 0) is 30.2 Å². The van der Waals surface area contributed by atoms with Gasteiger partial charge < -0.3 is 10.2 Å². The molecule has 0 bridgehead atoms. The molecule has 160 valence electrons. The Labute approximate surface area is 176 Å². The number of hydrogen-bond acceptors (Lipinski definition) is 3. The highest BCUT2D eigenvalue weighted by Crippen LogP contribution is 2.36. The molecule has 0 radical (unpaired) electrons. The van der Waals surface area contributed by atoms with Crippen molar-refractivity contribution in [1.82, 2.24) is 15.1 Å². The van der Waals surface area contributed by atoms with Gasteiger partial charge in [0.25, 0.3) is 5.91 Å². The van der Waals surface area contributed by atoms with Gasteiger partial charge >= 0.3 is 6.18 Å². The number of hydrogen-bond donors (Lipinski definition) is 2. The molecule has 1 aliphatic rings. The summed E-state index contributed by atoms with van der Waals surface area (Å²) in [6, 6.07) is 13.4. The average molecular weight is 428 g/mol. The molecule has 2 aromatic carbocycles. The third-order valence-electron chi connectivity index (χ3n) is 5.13. The predicted molar refractivity (Wildman–Crippen MR) is 108 cm³/mol. The molecule has 1 fully saturated rings. The summed E-state index contributed by atoms with van der Waals surface area (Å²) in [6.45, 7) is 1.05. The first kappa shape index (κ1) is 20.6. The number of para-hydroxylation sites is 1. The average Bonchev–Trinajstić information content (AvgIpc) is 3.38. The van der Waals surface area contributed by atoms with Gasteiger partial charge in [-0.3, -0.25) is 14.7 Å². The van der Waals surface area contributed by atoms with Crippen molar-refractivity contribution in [3.8, 4) is 11.3 Å². The summed E-state index contributed by atoms with van der Waals surface area (Å²) in [5, 5.41) is 9.16. The molecule has 0 unspecified atom stereocenters. The van der Waals surface area contributed by atoms with Gasteiger partial charge in [-0.25, -0.2) is 0 Å². The molecule has 9 heteroatoms.